The molecule has 2 aliphatic carbocycles. The number of allylic oxidation sites excluding steroid dienone is 2. The van der Waals surface area contributed by atoms with Gasteiger partial charge in [0.1, 0.15) is 0 Å². The highest BCUT2D eigenvalue weighted by atomic mass is 16.1. The molecule has 1 nitrogen and oxygen atoms in total. The summed E-state index contributed by atoms with van der Waals surface area (Å²) in [6, 6.07) is 6.64. The molecule has 0 saturated carbocycles. The van der Waals surface area contributed by atoms with Gasteiger partial charge < -0.3 is 0 Å². The molecule has 0 atom stereocenters. The number of fused-ring (bicyclic) bond motifs is 1. The predicted molar refractivity (Wildman–Crippen MR) is 78.3 cm³/mol. The fraction of sp³-hybridized carbons (Fsp3) is 0.500. The van der Waals surface area contributed by atoms with Crippen LogP contribution in [-0.2, 0) is 24.1 Å². The first-order valence-electron chi connectivity index (χ1n) is 7.66. The average Bonchev–Trinajstić information content (AvgIpc) is 2.71. The van der Waals surface area contributed by atoms with Crippen LogP contribution in [0, 0.1) is 0 Å². The van der Waals surface area contributed by atoms with E-state index in [1.165, 1.54) is 55.2 Å². The molecule has 0 unspecified atom stereocenters. The Kier molecular flexibility index (Phi) is 3.82. The third kappa shape index (κ3) is 2.97. The molecule has 0 spiro atoms. The standard InChI is InChI=1S/C18H22O/c19-18(16-6-3-1-2-4-7-16)13-14-10-11-15-8-5-9-17(15)12-14/h6,10-12H,1-5,7-9,13H2. The van der Waals surface area contributed by atoms with Gasteiger partial charge in [0.25, 0.3) is 0 Å². The monoisotopic (exact) mass is 254 g/mol. The molecular formula is C18H22O. The van der Waals surface area contributed by atoms with Crippen molar-refractivity contribution >= 4 is 5.78 Å². The maximum absolute atomic E-state index is 12.4. The van der Waals surface area contributed by atoms with Crippen molar-refractivity contribution in [2.75, 3.05) is 0 Å². The minimum atomic E-state index is 0.347. The van der Waals surface area contributed by atoms with Gasteiger partial charge in [-0.2, -0.15) is 0 Å². The van der Waals surface area contributed by atoms with Crippen LogP contribution >= 0.6 is 0 Å². The third-order valence-electron chi connectivity index (χ3n) is 4.43. The molecule has 0 amide bonds. The van der Waals surface area contributed by atoms with E-state index >= 15 is 0 Å². The maximum Gasteiger partial charge on any atom is 0.162 e. The summed E-state index contributed by atoms with van der Waals surface area (Å²) < 4.78 is 0. The molecule has 1 heteroatoms. The Morgan fingerprint density at radius 1 is 0.947 bits per heavy atom. The zero-order chi connectivity index (χ0) is 13.1. The molecule has 1 aromatic carbocycles. The Morgan fingerprint density at radius 2 is 1.84 bits per heavy atom. The highest BCUT2D eigenvalue weighted by Gasteiger charge is 2.15. The molecule has 2 aliphatic rings. The minimum absolute atomic E-state index is 0.347. The molecule has 0 heterocycles. The van der Waals surface area contributed by atoms with Crippen molar-refractivity contribution in [1.29, 1.82) is 0 Å². The van der Waals surface area contributed by atoms with Gasteiger partial charge in [0, 0.05) is 6.42 Å². The van der Waals surface area contributed by atoms with E-state index in [0.717, 1.165) is 18.4 Å². The zero-order valence-electron chi connectivity index (χ0n) is 11.6. The summed E-state index contributed by atoms with van der Waals surface area (Å²) >= 11 is 0. The normalized spacial score (nSPS) is 18.6. The Hall–Kier alpha value is -1.37. The molecule has 19 heavy (non-hydrogen) atoms. The van der Waals surface area contributed by atoms with Crippen molar-refractivity contribution in [3.63, 3.8) is 0 Å². The summed E-state index contributed by atoms with van der Waals surface area (Å²) in [5.41, 5.74) is 5.25. The number of hydrogen-bond acceptors (Lipinski definition) is 1. The smallest absolute Gasteiger partial charge is 0.162 e. The van der Waals surface area contributed by atoms with Crippen molar-refractivity contribution in [1.82, 2.24) is 0 Å². The van der Waals surface area contributed by atoms with Crippen LogP contribution in [0.1, 0.15) is 55.2 Å². The van der Waals surface area contributed by atoms with Crippen LogP contribution in [0.25, 0.3) is 0 Å². The number of carbonyl (C=O) groups excluding carboxylic acids is 1. The van der Waals surface area contributed by atoms with Crippen molar-refractivity contribution in [2.45, 2.75) is 57.8 Å². The van der Waals surface area contributed by atoms with Gasteiger partial charge in [-0.25, -0.2) is 0 Å². The summed E-state index contributed by atoms with van der Waals surface area (Å²) in [4.78, 5) is 12.4. The number of Topliss-reactive ketones (excluding diaryl/α,β-unsaturated/α-hetero) is 1. The second kappa shape index (κ2) is 5.73. The molecular weight excluding hydrogens is 232 g/mol. The molecule has 0 bridgehead atoms. The van der Waals surface area contributed by atoms with Crippen molar-refractivity contribution in [2.24, 2.45) is 0 Å². The van der Waals surface area contributed by atoms with E-state index in [1.807, 2.05) is 0 Å². The van der Waals surface area contributed by atoms with E-state index in [1.54, 1.807) is 0 Å². The quantitative estimate of drug-likeness (QED) is 0.791. The summed E-state index contributed by atoms with van der Waals surface area (Å²) in [7, 11) is 0. The van der Waals surface area contributed by atoms with Gasteiger partial charge in [-0.3, -0.25) is 4.79 Å². The van der Waals surface area contributed by atoms with E-state index in [2.05, 4.69) is 24.3 Å². The van der Waals surface area contributed by atoms with Crippen molar-refractivity contribution < 1.29 is 4.79 Å². The van der Waals surface area contributed by atoms with E-state index in [0.29, 0.717) is 12.2 Å². The van der Waals surface area contributed by atoms with E-state index < -0.39 is 0 Å². The Balaban J connectivity index is 1.70. The van der Waals surface area contributed by atoms with Crippen LogP contribution in [0.3, 0.4) is 0 Å². The van der Waals surface area contributed by atoms with Crippen molar-refractivity contribution in [3.05, 3.63) is 46.5 Å². The molecule has 0 fully saturated rings. The number of benzene rings is 1. The number of aryl methyl sites for hydroxylation is 2. The van der Waals surface area contributed by atoms with E-state index in [9.17, 15) is 4.79 Å². The highest BCUT2D eigenvalue weighted by Crippen LogP contribution is 2.24. The van der Waals surface area contributed by atoms with Gasteiger partial charge in [-0.05, 0) is 67.2 Å². The molecule has 0 radical (unpaired) electrons. The lowest BCUT2D eigenvalue weighted by Gasteiger charge is -2.07. The first-order chi connectivity index (χ1) is 9.33. The second-order valence-corrected chi connectivity index (χ2v) is 5.89. The first kappa shape index (κ1) is 12.7. The fourth-order valence-corrected chi connectivity index (χ4v) is 3.30. The molecule has 0 aromatic heterocycles. The average molecular weight is 254 g/mol. The largest absolute Gasteiger partial charge is 0.294 e. The van der Waals surface area contributed by atoms with Crippen LogP contribution in [0.4, 0.5) is 0 Å². The zero-order valence-corrected chi connectivity index (χ0v) is 11.6. The van der Waals surface area contributed by atoms with Crippen LogP contribution in [0.15, 0.2) is 29.8 Å². The van der Waals surface area contributed by atoms with Gasteiger partial charge in [0.05, 0.1) is 0 Å². The Labute approximate surface area is 115 Å². The second-order valence-electron chi connectivity index (χ2n) is 5.89. The summed E-state index contributed by atoms with van der Waals surface area (Å²) in [6.45, 7) is 0. The van der Waals surface area contributed by atoms with Gasteiger partial charge in [-0.15, -0.1) is 0 Å². The third-order valence-corrected chi connectivity index (χ3v) is 4.43. The lowest BCUT2D eigenvalue weighted by Crippen LogP contribution is -2.06. The lowest BCUT2D eigenvalue weighted by molar-refractivity contribution is -0.115. The molecule has 1 aromatic rings. The Morgan fingerprint density at radius 3 is 2.79 bits per heavy atom. The number of rotatable bonds is 3. The maximum atomic E-state index is 12.4. The summed E-state index contributed by atoms with van der Waals surface area (Å²) in [6.07, 6.45) is 12.2. The summed E-state index contributed by atoms with van der Waals surface area (Å²) in [5.74, 6) is 0.347. The van der Waals surface area contributed by atoms with Crippen LogP contribution in [0.5, 0.6) is 0 Å². The SMILES string of the molecule is O=C(Cc1ccc2c(c1)CCC2)C1=CCCCCC1. The lowest BCUT2D eigenvalue weighted by atomic mass is 9.97. The number of ketones is 1. The minimum Gasteiger partial charge on any atom is -0.294 e. The van der Waals surface area contributed by atoms with Gasteiger partial charge >= 0.3 is 0 Å². The highest BCUT2D eigenvalue weighted by molar-refractivity contribution is 5.96. The Bertz CT molecular complexity index is 510. The number of hydrogen-bond donors (Lipinski definition) is 0. The predicted octanol–water partition coefficient (Wildman–Crippen LogP) is 4.18. The van der Waals surface area contributed by atoms with E-state index in [-0.39, 0.29) is 0 Å². The van der Waals surface area contributed by atoms with Gasteiger partial charge in [0.15, 0.2) is 5.78 Å². The fourth-order valence-electron chi connectivity index (χ4n) is 3.30. The van der Waals surface area contributed by atoms with Crippen LogP contribution in [-0.4, -0.2) is 5.78 Å². The van der Waals surface area contributed by atoms with Crippen LogP contribution in [0.2, 0.25) is 0 Å². The molecule has 0 aliphatic heterocycles. The van der Waals surface area contributed by atoms with Crippen molar-refractivity contribution in [3.8, 4) is 0 Å². The van der Waals surface area contributed by atoms with E-state index in [4.69, 9.17) is 0 Å². The van der Waals surface area contributed by atoms with Gasteiger partial charge in [-0.1, -0.05) is 30.7 Å². The molecule has 3 rings (SSSR count). The molecule has 100 valence electrons. The topological polar surface area (TPSA) is 17.1 Å². The van der Waals surface area contributed by atoms with Gasteiger partial charge in [0.2, 0.25) is 0 Å². The molecule has 0 saturated heterocycles. The first-order valence-corrected chi connectivity index (χ1v) is 7.66. The molecule has 0 N–H and O–H groups in total. The summed E-state index contributed by atoms with van der Waals surface area (Å²) in [5, 5.41) is 0. The van der Waals surface area contributed by atoms with Crippen LogP contribution < -0.4 is 0 Å². The number of carbonyl (C=O) groups is 1.